The third-order valence-electron chi connectivity index (χ3n) is 2.18. The second-order valence-corrected chi connectivity index (χ2v) is 3.50. The first-order valence-electron chi connectivity index (χ1n) is 5.17. The molecule has 88 valence electrons. The maximum atomic E-state index is 10.5. The smallest absolute Gasteiger partial charge is 0.330 e. The first-order chi connectivity index (χ1) is 8.13. The molecule has 0 amide bonds. The summed E-state index contributed by atoms with van der Waals surface area (Å²) < 4.78 is 5.39. The maximum absolute atomic E-state index is 10.5. The van der Waals surface area contributed by atoms with Crippen LogP contribution in [0.15, 0.2) is 36.4 Å². The Kier molecular flexibility index (Phi) is 4.77. The van der Waals surface area contributed by atoms with Crippen molar-refractivity contribution in [1.29, 1.82) is 5.26 Å². The van der Waals surface area contributed by atoms with Gasteiger partial charge in [-0.25, -0.2) is 4.79 Å². The zero-order valence-electron chi connectivity index (χ0n) is 9.35. The summed E-state index contributed by atoms with van der Waals surface area (Å²) in [5.41, 5.74) is 0.769. The summed E-state index contributed by atoms with van der Waals surface area (Å²) in [6, 6.07) is 8.79. The first kappa shape index (κ1) is 12.8. The van der Waals surface area contributed by atoms with Gasteiger partial charge in [0.15, 0.2) is 0 Å². The molecule has 0 saturated carbocycles. The first-order valence-corrected chi connectivity index (χ1v) is 5.17. The highest BCUT2D eigenvalue weighted by atomic mass is 16.5. The van der Waals surface area contributed by atoms with Crippen LogP contribution < -0.4 is 4.74 Å². The number of rotatable bonds is 6. The van der Waals surface area contributed by atoms with E-state index in [-0.39, 0.29) is 5.57 Å². The number of carbonyl (C=O) groups is 1. The molecule has 0 aromatic heterocycles. The van der Waals surface area contributed by atoms with E-state index >= 15 is 0 Å². The van der Waals surface area contributed by atoms with Gasteiger partial charge < -0.3 is 9.84 Å². The van der Waals surface area contributed by atoms with Crippen molar-refractivity contribution in [2.24, 2.45) is 0 Å². The molecule has 1 aromatic carbocycles. The highest BCUT2D eigenvalue weighted by Gasteiger charge is 2.03. The van der Waals surface area contributed by atoms with E-state index in [1.54, 1.807) is 24.3 Å². The summed E-state index contributed by atoms with van der Waals surface area (Å²) in [6.07, 6.45) is 1.01. The van der Waals surface area contributed by atoms with E-state index in [1.165, 1.54) is 0 Å². The molecule has 4 heteroatoms. The van der Waals surface area contributed by atoms with Crippen molar-refractivity contribution in [3.63, 3.8) is 0 Å². The quantitative estimate of drug-likeness (QED) is 0.602. The van der Waals surface area contributed by atoms with Gasteiger partial charge >= 0.3 is 5.97 Å². The summed E-state index contributed by atoms with van der Waals surface area (Å²) >= 11 is 0. The number of aliphatic carboxylic acids is 1. The number of hydrogen-bond donors (Lipinski definition) is 1. The topological polar surface area (TPSA) is 70.3 Å². The van der Waals surface area contributed by atoms with E-state index in [9.17, 15) is 4.79 Å². The van der Waals surface area contributed by atoms with E-state index in [1.807, 2.05) is 6.07 Å². The number of hydrogen-bond acceptors (Lipinski definition) is 3. The van der Waals surface area contributed by atoms with Gasteiger partial charge in [-0.05, 0) is 37.1 Å². The monoisotopic (exact) mass is 231 g/mol. The number of benzene rings is 1. The summed E-state index contributed by atoms with van der Waals surface area (Å²) in [4.78, 5) is 10.5. The van der Waals surface area contributed by atoms with E-state index in [2.05, 4.69) is 6.58 Å². The van der Waals surface area contributed by atoms with Crippen molar-refractivity contribution >= 4 is 5.97 Å². The lowest BCUT2D eigenvalue weighted by molar-refractivity contribution is -0.132. The molecule has 0 bridgehead atoms. The molecule has 0 aliphatic carbocycles. The molecule has 0 aliphatic heterocycles. The van der Waals surface area contributed by atoms with Crippen LogP contribution >= 0.6 is 0 Å². The lowest BCUT2D eigenvalue weighted by atomic mass is 10.2. The van der Waals surface area contributed by atoms with Crippen molar-refractivity contribution in [3.05, 3.63) is 42.0 Å². The highest BCUT2D eigenvalue weighted by Crippen LogP contribution is 2.12. The Morgan fingerprint density at radius 2 is 2.06 bits per heavy atom. The molecule has 0 atom stereocenters. The highest BCUT2D eigenvalue weighted by molar-refractivity contribution is 5.85. The van der Waals surface area contributed by atoms with Crippen molar-refractivity contribution in [3.8, 4) is 11.8 Å². The van der Waals surface area contributed by atoms with Gasteiger partial charge in [-0.2, -0.15) is 5.26 Å². The van der Waals surface area contributed by atoms with Gasteiger partial charge in [0.2, 0.25) is 0 Å². The molecule has 4 nitrogen and oxygen atoms in total. The molecule has 0 aliphatic rings. The Morgan fingerprint density at radius 1 is 1.41 bits per heavy atom. The molecule has 0 saturated heterocycles. The van der Waals surface area contributed by atoms with Crippen LogP contribution in [-0.2, 0) is 4.79 Å². The Morgan fingerprint density at radius 3 is 2.59 bits per heavy atom. The largest absolute Gasteiger partial charge is 0.494 e. The third-order valence-corrected chi connectivity index (χ3v) is 2.18. The lowest BCUT2D eigenvalue weighted by Crippen LogP contribution is -2.02. The van der Waals surface area contributed by atoms with Gasteiger partial charge in [-0.1, -0.05) is 6.58 Å². The Hall–Kier alpha value is -2.28. The second kappa shape index (κ2) is 6.33. The SMILES string of the molecule is C=C(CCCOc1ccc(C#N)cc1)C(=O)O. The minimum atomic E-state index is -0.969. The van der Waals surface area contributed by atoms with Crippen LogP contribution in [0.4, 0.5) is 0 Å². The van der Waals surface area contributed by atoms with E-state index in [0.29, 0.717) is 30.8 Å². The minimum Gasteiger partial charge on any atom is -0.494 e. The van der Waals surface area contributed by atoms with Crippen LogP contribution in [0.1, 0.15) is 18.4 Å². The summed E-state index contributed by atoms with van der Waals surface area (Å²) in [5.74, 6) is -0.298. The molecular formula is C13H13NO3. The number of nitriles is 1. The predicted molar refractivity (Wildman–Crippen MR) is 62.7 cm³/mol. The maximum Gasteiger partial charge on any atom is 0.330 e. The fourth-order valence-corrected chi connectivity index (χ4v) is 1.21. The van der Waals surface area contributed by atoms with Crippen LogP contribution in [0.2, 0.25) is 0 Å². The predicted octanol–water partition coefficient (Wildman–Crippen LogP) is 2.36. The van der Waals surface area contributed by atoms with Gasteiger partial charge in [0.25, 0.3) is 0 Å². The Balaban J connectivity index is 2.29. The zero-order valence-corrected chi connectivity index (χ0v) is 9.35. The number of nitrogens with zero attached hydrogens (tertiary/aromatic N) is 1. The van der Waals surface area contributed by atoms with Gasteiger partial charge in [-0.3, -0.25) is 0 Å². The molecule has 0 spiro atoms. The standard InChI is InChI=1S/C13H13NO3/c1-10(13(15)16)3-2-8-17-12-6-4-11(9-14)5-7-12/h4-7H,1-3,8H2,(H,15,16). The average Bonchev–Trinajstić information content (AvgIpc) is 2.35. The molecule has 0 fully saturated rings. The summed E-state index contributed by atoms with van der Waals surface area (Å²) in [6.45, 7) is 3.86. The molecule has 0 heterocycles. The van der Waals surface area contributed by atoms with Crippen LogP contribution in [-0.4, -0.2) is 17.7 Å². The molecular weight excluding hydrogens is 218 g/mol. The molecule has 1 rings (SSSR count). The zero-order chi connectivity index (χ0) is 12.7. The van der Waals surface area contributed by atoms with Crippen molar-refractivity contribution < 1.29 is 14.6 Å². The van der Waals surface area contributed by atoms with E-state index in [4.69, 9.17) is 15.1 Å². The van der Waals surface area contributed by atoms with Gasteiger partial charge in [0, 0.05) is 5.57 Å². The summed E-state index contributed by atoms with van der Waals surface area (Å²) in [7, 11) is 0. The van der Waals surface area contributed by atoms with Crippen molar-refractivity contribution in [2.45, 2.75) is 12.8 Å². The molecule has 0 radical (unpaired) electrons. The Bertz CT molecular complexity index is 443. The molecule has 1 N–H and O–H groups in total. The third kappa shape index (κ3) is 4.39. The molecule has 1 aromatic rings. The van der Waals surface area contributed by atoms with Crippen molar-refractivity contribution in [2.75, 3.05) is 6.61 Å². The lowest BCUT2D eigenvalue weighted by Gasteiger charge is -2.05. The minimum absolute atomic E-state index is 0.188. The average molecular weight is 231 g/mol. The Labute approximate surface area is 99.8 Å². The number of carboxylic acids is 1. The second-order valence-electron chi connectivity index (χ2n) is 3.50. The van der Waals surface area contributed by atoms with Gasteiger partial charge in [0.05, 0.1) is 18.2 Å². The van der Waals surface area contributed by atoms with Crippen LogP contribution in [0.25, 0.3) is 0 Å². The number of carboxylic acid groups (broad SMARTS) is 1. The van der Waals surface area contributed by atoms with E-state index in [0.717, 1.165) is 0 Å². The van der Waals surface area contributed by atoms with E-state index < -0.39 is 5.97 Å². The fourth-order valence-electron chi connectivity index (χ4n) is 1.21. The fraction of sp³-hybridized carbons (Fsp3) is 0.231. The summed E-state index contributed by atoms with van der Waals surface area (Å²) in [5, 5.41) is 17.2. The van der Waals surface area contributed by atoms with Crippen LogP contribution in [0.5, 0.6) is 5.75 Å². The molecule has 17 heavy (non-hydrogen) atoms. The van der Waals surface area contributed by atoms with Crippen LogP contribution in [0, 0.1) is 11.3 Å². The van der Waals surface area contributed by atoms with Crippen molar-refractivity contribution in [1.82, 2.24) is 0 Å². The van der Waals surface area contributed by atoms with Gasteiger partial charge in [0.1, 0.15) is 5.75 Å². The van der Waals surface area contributed by atoms with Crippen LogP contribution in [0.3, 0.4) is 0 Å². The number of ether oxygens (including phenoxy) is 1. The molecule has 0 unspecified atom stereocenters. The normalized spacial score (nSPS) is 9.35. The van der Waals surface area contributed by atoms with Gasteiger partial charge in [-0.15, -0.1) is 0 Å².